The Morgan fingerprint density at radius 2 is 1.00 bits per heavy atom. The van der Waals surface area contributed by atoms with E-state index in [2.05, 4.69) is 29.9 Å². The van der Waals surface area contributed by atoms with Gasteiger partial charge in [-0.15, -0.1) is 0 Å². The van der Waals surface area contributed by atoms with Crippen molar-refractivity contribution in [1.29, 1.82) is 0 Å². The lowest BCUT2D eigenvalue weighted by Crippen LogP contribution is -2.24. The quantitative estimate of drug-likeness (QED) is 0.521. The lowest BCUT2D eigenvalue weighted by molar-refractivity contribution is 0.0989. The summed E-state index contributed by atoms with van der Waals surface area (Å²) in [6, 6.07) is 3.39. The summed E-state index contributed by atoms with van der Waals surface area (Å²) in [5, 5.41) is 0.920. The maximum absolute atomic E-state index is 11.8. The molecule has 0 saturated heterocycles. The van der Waals surface area contributed by atoms with Crippen molar-refractivity contribution in [1.82, 2.24) is 19.9 Å². The molecule has 112 valence electrons. The predicted molar refractivity (Wildman–Crippen MR) is 86.5 cm³/mol. The zero-order valence-electron chi connectivity index (χ0n) is 12.0. The number of hydrogen-bond donors (Lipinski definition) is 0. The van der Waals surface area contributed by atoms with Gasteiger partial charge in [0.2, 0.25) is 0 Å². The fourth-order valence-electron chi connectivity index (χ4n) is 2.65. The highest BCUT2D eigenvalue weighted by atomic mass is 16.2. The summed E-state index contributed by atoms with van der Waals surface area (Å²) in [5.41, 5.74) is 2.58. The number of aliphatic imine (C=N–C) groups is 2. The van der Waals surface area contributed by atoms with Crippen molar-refractivity contribution in [2.45, 2.75) is 0 Å². The predicted octanol–water partition coefficient (Wildman–Crippen LogP) is -0.417. The van der Waals surface area contributed by atoms with Crippen molar-refractivity contribution in [3.05, 3.63) is 34.2 Å². The summed E-state index contributed by atoms with van der Waals surface area (Å²) in [7, 11) is 0. The maximum Gasteiger partial charge on any atom is 0.297 e. The molecule has 0 N–H and O–H groups in total. The SMILES string of the molecule is O=C1N=CC=c2nc3cc4nc5c(nc4cc3nc21)=CC=NC5=O. The molecule has 24 heavy (non-hydrogen) atoms. The Labute approximate surface area is 133 Å². The Morgan fingerprint density at radius 1 is 0.583 bits per heavy atom. The topological polar surface area (TPSA) is 110 Å². The van der Waals surface area contributed by atoms with Crippen LogP contribution in [-0.2, 0) is 0 Å². The van der Waals surface area contributed by atoms with Gasteiger partial charge in [-0.05, 0) is 24.3 Å². The van der Waals surface area contributed by atoms with Gasteiger partial charge >= 0.3 is 0 Å². The van der Waals surface area contributed by atoms with E-state index in [-0.39, 0.29) is 11.4 Å². The van der Waals surface area contributed by atoms with Gasteiger partial charge in [0.05, 0.1) is 32.8 Å². The molecule has 2 aliphatic heterocycles. The zero-order valence-corrected chi connectivity index (χ0v) is 12.0. The van der Waals surface area contributed by atoms with E-state index in [1.165, 1.54) is 12.4 Å². The second-order valence-electron chi connectivity index (χ2n) is 5.24. The van der Waals surface area contributed by atoms with Gasteiger partial charge in [-0.1, -0.05) is 0 Å². The zero-order chi connectivity index (χ0) is 16.3. The molecule has 0 spiro atoms. The van der Waals surface area contributed by atoms with Crippen molar-refractivity contribution in [3.8, 4) is 0 Å². The van der Waals surface area contributed by atoms with E-state index >= 15 is 0 Å². The number of carbonyl (C=O) groups is 2. The minimum absolute atomic E-state index is 0.212. The van der Waals surface area contributed by atoms with Crippen molar-refractivity contribution in [2.75, 3.05) is 0 Å². The van der Waals surface area contributed by atoms with Crippen LogP contribution in [0.5, 0.6) is 0 Å². The number of fused-ring (bicyclic) bond motifs is 4. The Hall–Kier alpha value is -3.68. The second kappa shape index (κ2) is 4.42. The van der Waals surface area contributed by atoms with E-state index in [4.69, 9.17) is 0 Å². The Bertz CT molecular complexity index is 1190. The first-order valence-electron chi connectivity index (χ1n) is 7.06. The number of amides is 2. The van der Waals surface area contributed by atoms with Crippen LogP contribution in [0, 0.1) is 0 Å². The Kier molecular flexibility index (Phi) is 2.36. The molecule has 3 aromatic rings. The Morgan fingerprint density at radius 3 is 1.46 bits per heavy atom. The summed E-state index contributed by atoms with van der Waals surface area (Å²) in [6.45, 7) is 0. The third-order valence-electron chi connectivity index (χ3n) is 3.76. The van der Waals surface area contributed by atoms with Crippen LogP contribution in [0.4, 0.5) is 0 Å². The third-order valence-corrected chi connectivity index (χ3v) is 3.76. The molecular formula is C16H6N6O2. The highest BCUT2D eigenvalue weighted by Crippen LogP contribution is 2.16. The molecule has 4 heterocycles. The minimum atomic E-state index is -0.423. The van der Waals surface area contributed by atoms with E-state index in [0.29, 0.717) is 32.8 Å². The van der Waals surface area contributed by atoms with Crippen molar-refractivity contribution < 1.29 is 9.59 Å². The highest BCUT2D eigenvalue weighted by Gasteiger charge is 2.16. The van der Waals surface area contributed by atoms with Crippen LogP contribution in [0.3, 0.4) is 0 Å². The van der Waals surface area contributed by atoms with E-state index in [1.54, 1.807) is 24.3 Å². The first-order valence-corrected chi connectivity index (χ1v) is 7.06. The highest BCUT2D eigenvalue weighted by molar-refractivity contribution is 6.10. The number of benzene rings is 1. The number of hydrogen-bond acceptors (Lipinski definition) is 6. The average Bonchev–Trinajstić information content (AvgIpc) is 2.58. The molecule has 2 amide bonds. The number of nitrogens with zero attached hydrogens (tertiary/aromatic N) is 6. The van der Waals surface area contributed by atoms with Crippen LogP contribution in [0.2, 0.25) is 0 Å². The van der Waals surface area contributed by atoms with Gasteiger partial charge in [0.1, 0.15) is 0 Å². The van der Waals surface area contributed by atoms with Gasteiger partial charge in [-0.2, -0.15) is 0 Å². The lowest BCUT2D eigenvalue weighted by Gasteiger charge is -2.06. The third kappa shape index (κ3) is 1.73. The summed E-state index contributed by atoms with van der Waals surface area (Å²) in [6.07, 6.45) is 6.04. The van der Waals surface area contributed by atoms with Gasteiger partial charge in [-0.3, -0.25) is 9.59 Å². The Balaban J connectivity index is 1.88. The van der Waals surface area contributed by atoms with Crippen molar-refractivity contribution in [3.63, 3.8) is 0 Å². The number of aromatic nitrogens is 4. The van der Waals surface area contributed by atoms with Crippen LogP contribution >= 0.6 is 0 Å². The number of rotatable bonds is 0. The van der Waals surface area contributed by atoms with Crippen LogP contribution in [0.1, 0.15) is 21.0 Å². The lowest BCUT2D eigenvalue weighted by atomic mass is 10.2. The van der Waals surface area contributed by atoms with Gasteiger partial charge in [0.25, 0.3) is 11.8 Å². The average molecular weight is 314 g/mol. The van der Waals surface area contributed by atoms with E-state index in [0.717, 1.165) is 0 Å². The molecule has 0 fully saturated rings. The van der Waals surface area contributed by atoms with Gasteiger partial charge in [0, 0.05) is 12.4 Å². The number of carbonyl (C=O) groups excluding carboxylic acids is 2. The van der Waals surface area contributed by atoms with Crippen molar-refractivity contribution in [2.24, 2.45) is 9.98 Å². The van der Waals surface area contributed by atoms with Crippen LogP contribution < -0.4 is 10.7 Å². The van der Waals surface area contributed by atoms with E-state index < -0.39 is 11.8 Å². The molecule has 0 saturated carbocycles. The maximum atomic E-state index is 11.8. The summed E-state index contributed by atoms with van der Waals surface area (Å²) in [5.74, 6) is -0.845. The summed E-state index contributed by atoms with van der Waals surface area (Å²) < 4.78 is 0. The van der Waals surface area contributed by atoms with Gasteiger partial charge < -0.3 is 0 Å². The molecule has 0 aliphatic carbocycles. The second-order valence-corrected chi connectivity index (χ2v) is 5.24. The van der Waals surface area contributed by atoms with E-state index in [9.17, 15) is 9.59 Å². The molecule has 0 unspecified atom stereocenters. The molecule has 1 aromatic carbocycles. The standard InChI is InChI=1S/C16H6N6O2/c23-15-13-7(1-3-17-15)19-9-5-12-10(6-11(9)21-13)20-8-2-4-18-16(24)14(8)22-12/h1-6H. The normalized spacial score (nSPS) is 15.2. The largest absolute Gasteiger partial charge is 0.297 e. The molecule has 2 aromatic heterocycles. The summed E-state index contributed by atoms with van der Waals surface area (Å²) >= 11 is 0. The molecule has 0 radical (unpaired) electrons. The molecule has 8 heteroatoms. The van der Waals surface area contributed by atoms with Gasteiger partial charge in [-0.25, -0.2) is 29.9 Å². The monoisotopic (exact) mass is 314 g/mol. The molecule has 0 bridgehead atoms. The first-order chi connectivity index (χ1) is 11.7. The molecule has 8 nitrogen and oxygen atoms in total. The smallest absolute Gasteiger partial charge is 0.265 e. The summed E-state index contributed by atoms with van der Waals surface area (Å²) in [4.78, 5) is 48.6. The van der Waals surface area contributed by atoms with Crippen LogP contribution in [-0.4, -0.2) is 44.2 Å². The van der Waals surface area contributed by atoms with Crippen LogP contribution in [0.15, 0.2) is 22.1 Å². The van der Waals surface area contributed by atoms with Gasteiger partial charge in [0.15, 0.2) is 11.4 Å². The molecule has 5 rings (SSSR count). The van der Waals surface area contributed by atoms with Crippen LogP contribution in [0.25, 0.3) is 34.2 Å². The van der Waals surface area contributed by atoms with Crippen molar-refractivity contribution >= 4 is 58.5 Å². The first kappa shape index (κ1) is 12.8. The molecular weight excluding hydrogens is 308 g/mol. The molecule has 0 atom stereocenters. The molecule has 2 aliphatic rings. The minimum Gasteiger partial charge on any atom is -0.265 e. The fraction of sp³-hybridized carbons (Fsp3) is 0. The van der Waals surface area contributed by atoms with E-state index in [1.807, 2.05) is 0 Å². The fourth-order valence-corrected chi connectivity index (χ4v) is 2.65.